The van der Waals surface area contributed by atoms with E-state index in [0.29, 0.717) is 25.3 Å². The first-order valence-corrected chi connectivity index (χ1v) is 10.8. The second kappa shape index (κ2) is 9.16. The van der Waals surface area contributed by atoms with Gasteiger partial charge in [-0.2, -0.15) is 5.10 Å². The van der Waals surface area contributed by atoms with Crippen LogP contribution in [0.5, 0.6) is 0 Å². The van der Waals surface area contributed by atoms with Crippen molar-refractivity contribution >= 4 is 17.7 Å². The molecule has 0 spiro atoms. The Labute approximate surface area is 177 Å². The lowest BCUT2D eigenvalue weighted by molar-refractivity contribution is -0.133. The highest BCUT2D eigenvalue weighted by Crippen LogP contribution is 2.27. The summed E-state index contributed by atoms with van der Waals surface area (Å²) < 4.78 is 6.93. The number of aromatic nitrogens is 2. The van der Waals surface area contributed by atoms with Gasteiger partial charge >= 0.3 is 0 Å². The number of amides is 3. The Bertz CT molecular complexity index is 799. The third-order valence-corrected chi connectivity index (χ3v) is 5.97. The van der Waals surface area contributed by atoms with Crippen LogP contribution < -0.4 is 10.6 Å². The average molecular weight is 420 g/mol. The van der Waals surface area contributed by atoms with Crippen molar-refractivity contribution < 1.29 is 19.1 Å². The summed E-state index contributed by atoms with van der Waals surface area (Å²) in [5, 5.41) is 10.2. The predicted molar refractivity (Wildman–Crippen MR) is 111 cm³/mol. The molecule has 0 saturated heterocycles. The van der Waals surface area contributed by atoms with Crippen molar-refractivity contribution in [2.24, 2.45) is 0 Å². The van der Waals surface area contributed by atoms with Crippen LogP contribution in [0.25, 0.3) is 0 Å². The van der Waals surface area contributed by atoms with Gasteiger partial charge in [0.05, 0.1) is 12.6 Å². The lowest BCUT2D eigenvalue weighted by Gasteiger charge is -2.41. The molecule has 166 valence electrons. The number of hydrogen-bond donors (Lipinski definition) is 2. The maximum absolute atomic E-state index is 13.0. The fourth-order valence-corrected chi connectivity index (χ4v) is 3.93. The van der Waals surface area contributed by atoms with Gasteiger partial charge in [-0.3, -0.25) is 19.1 Å². The number of rotatable bonds is 8. The van der Waals surface area contributed by atoms with Gasteiger partial charge < -0.3 is 20.3 Å². The van der Waals surface area contributed by atoms with Crippen molar-refractivity contribution in [3.8, 4) is 0 Å². The summed E-state index contributed by atoms with van der Waals surface area (Å²) >= 11 is 0. The molecule has 0 radical (unpaired) electrons. The van der Waals surface area contributed by atoms with Crippen LogP contribution in [0, 0.1) is 0 Å². The summed E-state index contributed by atoms with van der Waals surface area (Å²) in [5.74, 6) is -0.834. The van der Waals surface area contributed by atoms with Crippen molar-refractivity contribution in [2.45, 2.75) is 77.1 Å². The molecule has 1 atom stereocenters. The van der Waals surface area contributed by atoms with Crippen LogP contribution in [-0.4, -0.2) is 70.3 Å². The molecule has 30 heavy (non-hydrogen) atoms. The van der Waals surface area contributed by atoms with Crippen LogP contribution in [0.3, 0.4) is 0 Å². The average Bonchev–Trinajstić information content (AvgIpc) is 3.35. The first-order valence-electron chi connectivity index (χ1n) is 10.8. The minimum absolute atomic E-state index is 0.156. The SMILES string of the molecule is CC(C)OCCCNC(=O)c1cc2n(n1)C[C@](C)(C(=O)NC1CCCC1)N(C)C2=O. The summed E-state index contributed by atoms with van der Waals surface area (Å²) in [5.41, 5.74) is -0.561. The second-order valence-electron chi connectivity index (χ2n) is 8.69. The van der Waals surface area contributed by atoms with Gasteiger partial charge in [-0.25, -0.2) is 0 Å². The zero-order valence-electron chi connectivity index (χ0n) is 18.4. The Morgan fingerprint density at radius 3 is 2.70 bits per heavy atom. The van der Waals surface area contributed by atoms with E-state index in [1.807, 2.05) is 13.8 Å². The topological polar surface area (TPSA) is 106 Å². The fourth-order valence-electron chi connectivity index (χ4n) is 3.93. The molecule has 0 unspecified atom stereocenters. The summed E-state index contributed by atoms with van der Waals surface area (Å²) in [6.45, 7) is 6.90. The second-order valence-corrected chi connectivity index (χ2v) is 8.69. The molecule has 1 aromatic heterocycles. The maximum atomic E-state index is 13.0. The van der Waals surface area contributed by atoms with E-state index in [1.165, 1.54) is 15.6 Å². The van der Waals surface area contributed by atoms with E-state index in [-0.39, 0.29) is 42.1 Å². The number of nitrogens with zero attached hydrogens (tertiary/aromatic N) is 3. The molecule has 9 nitrogen and oxygen atoms in total. The monoisotopic (exact) mass is 419 g/mol. The number of carbonyl (C=O) groups is 3. The third kappa shape index (κ3) is 4.66. The van der Waals surface area contributed by atoms with Gasteiger partial charge in [-0.15, -0.1) is 0 Å². The Morgan fingerprint density at radius 1 is 1.33 bits per heavy atom. The van der Waals surface area contributed by atoms with E-state index >= 15 is 0 Å². The van der Waals surface area contributed by atoms with Crippen molar-refractivity contribution in [1.82, 2.24) is 25.3 Å². The minimum atomic E-state index is -1.05. The molecule has 1 saturated carbocycles. The number of carbonyl (C=O) groups excluding carboxylic acids is 3. The molecule has 9 heteroatoms. The van der Waals surface area contributed by atoms with Crippen molar-refractivity contribution in [2.75, 3.05) is 20.2 Å². The quantitative estimate of drug-likeness (QED) is 0.619. The smallest absolute Gasteiger partial charge is 0.272 e. The lowest BCUT2D eigenvalue weighted by Crippen LogP contribution is -2.63. The molecular formula is C21H33N5O4. The summed E-state index contributed by atoms with van der Waals surface area (Å²) in [4.78, 5) is 39.8. The molecule has 1 fully saturated rings. The largest absolute Gasteiger partial charge is 0.379 e. The van der Waals surface area contributed by atoms with Crippen LogP contribution >= 0.6 is 0 Å². The molecule has 1 aliphatic heterocycles. The Balaban J connectivity index is 1.65. The zero-order chi connectivity index (χ0) is 21.9. The maximum Gasteiger partial charge on any atom is 0.272 e. The van der Waals surface area contributed by atoms with E-state index in [4.69, 9.17) is 4.74 Å². The highest BCUT2D eigenvalue weighted by atomic mass is 16.5. The van der Waals surface area contributed by atoms with Gasteiger partial charge in [0.2, 0.25) is 5.91 Å². The van der Waals surface area contributed by atoms with Crippen LogP contribution in [0.4, 0.5) is 0 Å². The third-order valence-electron chi connectivity index (χ3n) is 5.97. The number of hydrogen-bond acceptors (Lipinski definition) is 5. The van der Waals surface area contributed by atoms with E-state index in [9.17, 15) is 14.4 Å². The van der Waals surface area contributed by atoms with Crippen molar-refractivity contribution in [3.63, 3.8) is 0 Å². The van der Waals surface area contributed by atoms with E-state index < -0.39 is 5.54 Å². The van der Waals surface area contributed by atoms with Crippen LogP contribution in [0.1, 0.15) is 73.9 Å². The van der Waals surface area contributed by atoms with Crippen LogP contribution in [0.2, 0.25) is 0 Å². The first-order chi connectivity index (χ1) is 14.2. The molecule has 2 heterocycles. The summed E-state index contributed by atoms with van der Waals surface area (Å²) in [7, 11) is 1.63. The van der Waals surface area contributed by atoms with Crippen LogP contribution in [0.15, 0.2) is 6.07 Å². The Morgan fingerprint density at radius 2 is 2.03 bits per heavy atom. The van der Waals surface area contributed by atoms with Gasteiger partial charge in [0.15, 0.2) is 5.69 Å². The number of nitrogens with one attached hydrogen (secondary N) is 2. The molecule has 0 bridgehead atoms. The Kier molecular flexibility index (Phi) is 6.80. The van der Waals surface area contributed by atoms with Crippen molar-refractivity contribution in [3.05, 3.63) is 17.5 Å². The van der Waals surface area contributed by atoms with Gasteiger partial charge in [0.25, 0.3) is 11.8 Å². The van der Waals surface area contributed by atoms with E-state index in [1.54, 1.807) is 14.0 Å². The molecule has 3 rings (SSSR count). The molecule has 3 amide bonds. The number of likely N-dealkylation sites (N-methyl/N-ethyl adjacent to an activating group) is 1. The lowest BCUT2D eigenvalue weighted by atomic mass is 9.95. The molecule has 1 aromatic rings. The highest BCUT2D eigenvalue weighted by Gasteiger charge is 2.46. The van der Waals surface area contributed by atoms with E-state index in [2.05, 4.69) is 15.7 Å². The number of ether oxygens (including phenoxy) is 1. The van der Waals surface area contributed by atoms with Gasteiger partial charge in [0, 0.05) is 32.3 Å². The molecule has 2 N–H and O–H groups in total. The summed E-state index contributed by atoms with van der Waals surface area (Å²) in [6, 6.07) is 1.66. The normalized spacial score (nSPS) is 21.8. The van der Waals surface area contributed by atoms with Crippen LogP contribution in [-0.2, 0) is 16.1 Å². The summed E-state index contributed by atoms with van der Waals surface area (Å²) in [6.07, 6.45) is 5.02. The number of fused-ring (bicyclic) bond motifs is 1. The van der Waals surface area contributed by atoms with Crippen molar-refractivity contribution in [1.29, 1.82) is 0 Å². The highest BCUT2D eigenvalue weighted by molar-refractivity contribution is 6.01. The van der Waals surface area contributed by atoms with E-state index in [0.717, 1.165) is 25.7 Å². The minimum Gasteiger partial charge on any atom is -0.379 e. The fraction of sp³-hybridized carbons (Fsp3) is 0.714. The molecule has 0 aromatic carbocycles. The molecule has 2 aliphatic rings. The first kappa shape index (κ1) is 22.3. The molecule has 1 aliphatic carbocycles. The Hall–Kier alpha value is -2.42. The van der Waals surface area contributed by atoms with Gasteiger partial charge in [-0.1, -0.05) is 12.8 Å². The zero-order valence-corrected chi connectivity index (χ0v) is 18.4. The van der Waals surface area contributed by atoms with Gasteiger partial charge in [0.1, 0.15) is 11.2 Å². The predicted octanol–water partition coefficient (Wildman–Crippen LogP) is 1.33. The molecular weight excluding hydrogens is 386 g/mol. The standard InChI is InChI=1S/C21H33N5O4/c1-14(2)30-11-7-10-22-18(27)16-12-17-19(28)25(4)21(3,13-26(17)24-16)20(29)23-15-8-5-6-9-15/h12,14-15H,5-11,13H2,1-4H3,(H,22,27)(H,23,29)/t21-/m1/s1. The van der Waals surface area contributed by atoms with Gasteiger partial charge in [-0.05, 0) is 40.0 Å².